The number of nitrogens with one attached hydrogen (secondary N) is 1. The fraction of sp³-hybridized carbons (Fsp3) is 0.500. The van der Waals surface area contributed by atoms with E-state index in [2.05, 4.69) is 38.4 Å². The molecule has 0 atom stereocenters. The van der Waals surface area contributed by atoms with E-state index in [9.17, 15) is 0 Å². The molecule has 1 aromatic carbocycles. The second-order valence-corrected chi connectivity index (χ2v) is 7.09. The Morgan fingerprint density at radius 2 is 1.96 bits per heavy atom. The van der Waals surface area contributed by atoms with E-state index in [0.717, 1.165) is 42.7 Å². The normalized spacial score (nSPS) is 17.4. The summed E-state index contributed by atoms with van der Waals surface area (Å²) in [6.45, 7) is 3.84. The Morgan fingerprint density at radius 1 is 1.12 bits per heavy atom. The lowest BCUT2D eigenvalue weighted by molar-refractivity contribution is 0.413. The van der Waals surface area contributed by atoms with Gasteiger partial charge in [-0.15, -0.1) is 0 Å². The summed E-state index contributed by atoms with van der Waals surface area (Å²) in [5, 5.41) is 3.60. The number of aryl methyl sites for hydroxylation is 1. The van der Waals surface area contributed by atoms with Crippen molar-refractivity contribution < 1.29 is 4.74 Å². The first-order valence-electron chi connectivity index (χ1n) is 9.24. The lowest BCUT2D eigenvalue weighted by atomic mass is 9.99. The number of hydrogen-bond acceptors (Lipinski definition) is 5. The molecular weight excluding hydrogens is 312 g/mol. The first-order chi connectivity index (χ1) is 12.2. The van der Waals surface area contributed by atoms with Gasteiger partial charge in [-0.05, 0) is 49.4 Å². The van der Waals surface area contributed by atoms with Gasteiger partial charge in [0.2, 0.25) is 0 Å². The molecule has 2 heterocycles. The number of hydrogen-bond donors (Lipinski definition) is 1. The molecule has 1 fully saturated rings. The van der Waals surface area contributed by atoms with Crippen LogP contribution in [0.3, 0.4) is 0 Å². The zero-order chi connectivity index (χ0) is 17.2. The van der Waals surface area contributed by atoms with Crippen LogP contribution in [0.15, 0.2) is 24.3 Å². The van der Waals surface area contributed by atoms with Crippen LogP contribution in [0.2, 0.25) is 0 Å². The van der Waals surface area contributed by atoms with Gasteiger partial charge >= 0.3 is 0 Å². The van der Waals surface area contributed by atoms with E-state index in [1.54, 1.807) is 7.11 Å². The third-order valence-electron chi connectivity index (χ3n) is 5.28. The van der Waals surface area contributed by atoms with Gasteiger partial charge in [-0.2, -0.15) is 0 Å². The predicted molar refractivity (Wildman–Crippen MR) is 100 cm³/mol. The highest BCUT2D eigenvalue weighted by Crippen LogP contribution is 2.28. The summed E-state index contributed by atoms with van der Waals surface area (Å²) in [7, 11) is 1.72. The van der Waals surface area contributed by atoms with Gasteiger partial charge < -0.3 is 15.0 Å². The van der Waals surface area contributed by atoms with Gasteiger partial charge in [0, 0.05) is 25.2 Å². The fourth-order valence-electron chi connectivity index (χ4n) is 3.92. The predicted octanol–water partition coefficient (Wildman–Crippen LogP) is 3.71. The van der Waals surface area contributed by atoms with Crippen molar-refractivity contribution in [2.24, 2.45) is 0 Å². The minimum absolute atomic E-state index is 0.566. The van der Waals surface area contributed by atoms with Crippen LogP contribution in [0.25, 0.3) is 0 Å². The second-order valence-electron chi connectivity index (χ2n) is 7.09. The van der Waals surface area contributed by atoms with Gasteiger partial charge in [-0.1, -0.05) is 18.9 Å². The average Bonchev–Trinajstić information content (AvgIpc) is 3.13. The number of benzene rings is 1. The van der Waals surface area contributed by atoms with Gasteiger partial charge in [0.1, 0.15) is 23.2 Å². The molecule has 0 saturated heterocycles. The standard InChI is InChI=1S/C20H26N4O/c1-14-21-19(23-17-5-3-4-6-17)12-20(22-14)24-10-9-15-11-18(25-2)8-7-16(15)13-24/h7-8,11-12,17H,3-6,9-10,13H2,1-2H3,(H,21,22,23). The Kier molecular flexibility index (Phi) is 4.47. The summed E-state index contributed by atoms with van der Waals surface area (Å²) >= 11 is 0. The molecule has 1 saturated carbocycles. The molecule has 2 aromatic rings. The third kappa shape index (κ3) is 3.55. The molecule has 5 heteroatoms. The summed E-state index contributed by atoms with van der Waals surface area (Å²) in [4.78, 5) is 11.6. The van der Waals surface area contributed by atoms with Crippen molar-refractivity contribution in [3.63, 3.8) is 0 Å². The van der Waals surface area contributed by atoms with Crippen LogP contribution in [0.4, 0.5) is 11.6 Å². The summed E-state index contributed by atoms with van der Waals surface area (Å²) in [5.74, 6) is 3.76. The number of fused-ring (bicyclic) bond motifs is 1. The fourth-order valence-corrected chi connectivity index (χ4v) is 3.92. The van der Waals surface area contributed by atoms with Crippen molar-refractivity contribution in [3.8, 4) is 5.75 Å². The van der Waals surface area contributed by atoms with Crippen LogP contribution < -0.4 is 15.0 Å². The molecule has 1 aliphatic carbocycles. The van der Waals surface area contributed by atoms with E-state index in [0.29, 0.717) is 6.04 Å². The highest BCUT2D eigenvalue weighted by molar-refractivity contribution is 5.52. The minimum atomic E-state index is 0.566. The summed E-state index contributed by atoms with van der Waals surface area (Å²) in [5.41, 5.74) is 2.74. The molecule has 4 rings (SSSR count). The van der Waals surface area contributed by atoms with Crippen LogP contribution in [0.1, 0.15) is 42.6 Å². The van der Waals surface area contributed by atoms with E-state index in [1.807, 2.05) is 13.0 Å². The largest absolute Gasteiger partial charge is 0.497 e. The SMILES string of the molecule is COc1ccc2c(c1)CCN(c1cc(NC3CCCC3)nc(C)n1)C2. The van der Waals surface area contributed by atoms with E-state index in [1.165, 1.54) is 36.8 Å². The highest BCUT2D eigenvalue weighted by atomic mass is 16.5. The number of anilines is 2. The van der Waals surface area contributed by atoms with Crippen LogP contribution in [0, 0.1) is 6.92 Å². The summed E-state index contributed by atoms with van der Waals surface area (Å²) < 4.78 is 5.34. The molecule has 0 spiro atoms. The summed E-state index contributed by atoms with van der Waals surface area (Å²) in [6, 6.07) is 9.05. The Hall–Kier alpha value is -2.30. The quantitative estimate of drug-likeness (QED) is 0.921. The van der Waals surface area contributed by atoms with E-state index < -0.39 is 0 Å². The maximum Gasteiger partial charge on any atom is 0.134 e. The molecule has 0 amide bonds. The zero-order valence-corrected chi connectivity index (χ0v) is 15.1. The van der Waals surface area contributed by atoms with Crippen LogP contribution in [-0.4, -0.2) is 29.7 Å². The Labute approximate surface area is 149 Å². The van der Waals surface area contributed by atoms with E-state index in [-0.39, 0.29) is 0 Å². The molecule has 1 N–H and O–H groups in total. The van der Waals surface area contributed by atoms with Gasteiger partial charge in [0.15, 0.2) is 0 Å². The molecule has 132 valence electrons. The van der Waals surface area contributed by atoms with Crippen molar-refractivity contribution in [2.75, 3.05) is 23.9 Å². The lowest BCUT2D eigenvalue weighted by Crippen LogP contribution is -2.31. The van der Waals surface area contributed by atoms with Gasteiger partial charge in [-0.25, -0.2) is 9.97 Å². The topological polar surface area (TPSA) is 50.3 Å². The highest BCUT2D eigenvalue weighted by Gasteiger charge is 2.20. The van der Waals surface area contributed by atoms with Crippen molar-refractivity contribution >= 4 is 11.6 Å². The number of nitrogens with zero attached hydrogens (tertiary/aromatic N) is 3. The summed E-state index contributed by atoms with van der Waals surface area (Å²) in [6.07, 6.45) is 6.15. The molecule has 0 unspecified atom stereocenters. The smallest absolute Gasteiger partial charge is 0.134 e. The van der Waals surface area contributed by atoms with Crippen LogP contribution in [-0.2, 0) is 13.0 Å². The van der Waals surface area contributed by atoms with Crippen LogP contribution in [0.5, 0.6) is 5.75 Å². The van der Waals surface area contributed by atoms with Crippen molar-refractivity contribution in [2.45, 2.75) is 51.6 Å². The zero-order valence-electron chi connectivity index (χ0n) is 15.1. The molecule has 1 aromatic heterocycles. The van der Waals surface area contributed by atoms with Gasteiger partial charge in [0.05, 0.1) is 7.11 Å². The molecular formula is C20H26N4O. The number of aromatic nitrogens is 2. The molecule has 0 bridgehead atoms. The lowest BCUT2D eigenvalue weighted by Gasteiger charge is -2.30. The van der Waals surface area contributed by atoms with Crippen molar-refractivity contribution in [1.29, 1.82) is 0 Å². The minimum Gasteiger partial charge on any atom is -0.497 e. The van der Waals surface area contributed by atoms with E-state index >= 15 is 0 Å². The monoisotopic (exact) mass is 338 g/mol. The number of ether oxygens (including phenoxy) is 1. The van der Waals surface area contributed by atoms with Crippen molar-refractivity contribution in [3.05, 3.63) is 41.2 Å². The maximum atomic E-state index is 5.34. The van der Waals surface area contributed by atoms with Crippen LogP contribution >= 0.6 is 0 Å². The molecule has 0 radical (unpaired) electrons. The number of methoxy groups -OCH3 is 1. The number of rotatable bonds is 4. The first-order valence-corrected chi connectivity index (χ1v) is 9.24. The molecule has 5 nitrogen and oxygen atoms in total. The van der Waals surface area contributed by atoms with Gasteiger partial charge in [0.25, 0.3) is 0 Å². The Morgan fingerprint density at radius 3 is 2.76 bits per heavy atom. The average molecular weight is 338 g/mol. The molecule has 2 aliphatic rings. The molecule has 25 heavy (non-hydrogen) atoms. The van der Waals surface area contributed by atoms with Gasteiger partial charge in [-0.3, -0.25) is 0 Å². The van der Waals surface area contributed by atoms with Crippen molar-refractivity contribution in [1.82, 2.24) is 9.97 Å². The maximum absolute atomic E-state index is 5.34. The Balaban J connectivity index is 1.54. The molecule has 1 aliphatic heterocycles. The second kappa shape index (κ2) is 6.90. The van der Waals surface area contributed by atoms with E-state index in [4.69, 9.17) is 4.74 Å². The first kappa shape index (κ1) is 16.2. The Bertz CT molecular complexity index is 755. The third-order valence-corrected chi connectivity index (χ3v) is 5.28.